The number of pyridine rings is 1. The van der Waals surface area contributed by atoms with Gasteiger partial charge in [0.1, 0.15) is 5.75 Å². The largest absolute Gasteiger partial charge is 0.493 e. The Labute approximate surface area is 111 Å². The van der Waals surface area contributed by atoms with Crippen molar-refractivity contribution >= 4 is 11.6 Å². The van der Waals surface area contributed by atoms with Crippen molar-refractivity contribution in [2.45, 2.75) is 12.8 Å². The fraction of sp³-hybridized carbons (Fsp3) is 0.214. The van der Waals surface area contributed by atoms with Crippen LogP contribution in [0.2, 0.25) is 0 Å². The van der Waals surface area contributed by atoms with E-state index in [-0.39, 0.29) is 0 Å². The molecule has 0 saturated carbocycles. The quantitative estimate of drug-likeness (QED) is 0.783. The molecule has 0 saturated heterocycles. The minimum atomic E-state index is 0.359. The minimum absolute atomic E-state index is 0.359. The molecule has 0 bridgehead atoms. The summed E-state index contributed by atoms with van der Waals surface area (Å²) in [6.07, 6.45) is 1.73. The standard InChI is InChI=1S/C14H14ClNO2/c1-10-7-14(11(8-15)9-16-10)18-13-6-4-3-5-12(13)17-2/h3-7,9H,8H2,1-2H3. The van der Waals surface area contributed by atoms with Gasteiger partial charge in [0.15, 0.2) is 11.5 Å². The number of ether oxygens (including phenoxy) is 2. The molecular weight excluding hydrogens is 250 g/mol. The van der Waals surface area contributed by atoms with E-state index in [1.165, 1.54) is 0 Å². The van der Waals surface area contributed by atoms with Crippen molar-refractivity contribution in [3.63, 3.8) is 0 Å². The van der Waals surface area contributed by atoms with Crippen molar-refractivity contribution in [2.75, 3.05) is 7.11 Å². The van der Waals surface area contributed by atoms with Crippen LogP contribution in [0.25, 0.3) is 0 Å². The van der Waals surface area contributed by atoms with Crippen molar-refractivity contribution in [3.8, 4) is 17.2 Å². The van der Waals surface area contributed by atoms with Gasteiger partial charge < -0.3 is 9.47 Å². The Bertz CT molecular complexity index is 543. The minimum Gasteiger partial charge on any atom is -0.493 e. The summed E-state index contributed by atoms with van der Waals surface area (Å²) in [5, 5.41) is 0. The van der Waals surface area contributed by atoms with Gasteiger partial charge in [-0.25, -0.2) is 0 Å². The van der Waals surface area contributed by atoms with Crippen LogP contribution in [-0.4, -0.2) is 12.1 Å². The van der Waals surface area contributed by atoms with Crippen molar-refractivity contribution in [3.05, 3.63) is 47.8 Å². The number of hydrogen-bond acceptors (Lipinski definition) is 3. The molecule has 0 aliphatic rings. The lowest BCUT2D eigenvalue weighted by atomic mass is 10.2. The first kappa shape index (κ1) is 12.7. The maximum absolute atomic E-state index is 5.87. The second kappa shape index (κ2) is 5.74. The molecule has 0 fully saturated rings. The third kappa shape index (κ3) is 2.74. The Hall–Kier alpha value is -1.74. The van der Waals surface area contributed by atoms with Gasteiger partial charge in [0, 0.05) is 23.5 Å². The first-order chi connectivity index (χ1) is 8.74. The molecule has 0 N–H and O–H groups in total. The van der Waals surface area contributed by atoms with Crippen LogP contribution in [0.4, 0.5) is 0 Å². The average molecular weight is 264 g/mol. The number of methoxy groups -OCH3 is 1. The van der Waals surface area contributed by atoms with Crippen LogP contribution in [-0.2, 0) is 5.88 Å². The highest BCUT2D eigenvalue weighted by atomic mass is 35.5. The van der Waals surface area contributed by atoms with Crippen LogP contribution < -0.4 is 9.47 Å². The van der Waals surface area contributed by atoms with Crippen molar-refractivity contribution in [2.24, 2.45) is 0 Å². The number of alkyl halides is 1. The number of halogens is 1. The van der Waals surface area contributed by atoms with E-state index in [0.29, 0.717) is 23.1 Å². The van der Waals surface area contributed by atoms with Gasteiger partial charge in [-0.05, 0) is 19.1 Å². The lowest BCUT2D eigenvalue weighted by Gasteiger charge is -2.12. The number of benzene rings is 1. The van der Waals surface area contributed by atoms with Gasteiger partial charge in [-0.15, -0.1) is 11.6 Å². The third-order valence-electron chi connectivity index (χ3n) is 2.51. The zero-order valence-corrected chi connectivity index (χ0v) is 11.1. The summed E-state index contributed by atoms with van der Waals surface area (Å²) < 4.78 is 11.1. The van der Waals surface area contributed by atoms with E-state index in [1.807, 2.05) is 37.3 Å². The van der Waals surface area contributed by atoms with Crippen molar-refractivity contribution < 1.29 is 9.47 Å². The van der Waals surface area contributed by atoms with Gasteiger partial charge in [0.2, 0.25) is 0 Å². The first-order valence-electron chi connectivity index (χ1n) is 5.57. The van der Waals surface area contributed by atoms with Crippen LogP contribution in [0.3, 0.4) is 0 Å². The molecule has 3 nitrogen and oxygen atoms in total. The van der Waals surface area contributed by atoms with Crippen molar-refractivity contribution in [1.29, 1.82) is 0 Å². The molecule has 0 radical (unpaired) electrons. The molecule has 0 amide bonds. The highest BCUT2D eigenvalue weighted by Gasteiger charge is 2.09. The van der Waals surface area contributed by atoms with E-state index in [1.54, 1.807) is 13.3 Å². The van der Waals surface area contributed by atoms with E-state index in [0.717, 1.165) is 11.3 Å². The Morgan fingerprint density at radius 1 is 1.17 bits per heavy atom. The number of aryl methyl sites for hydroxylation is 1. The van der Waals surface area contributed by atoms with Crippen LogP contribution in [0, 0.1) is 6.92 Å². The highest BCUT2D eigenvalue weighted by molar-refractivity contribution is 6.17. The zero-order chi connectivity index (χ0) is 13.0. The Balaban J connectivity index is 2.36. The summed E-state index contributed by atoms with van der Waals surface area (Å²) in [6, 6.07) is 9.36. The van der Waals surface area contributed by atoms with Gasteiger partial charge in [-0.1, -0.05) is 12.1 Å². The molecule has 0 unspecified atom stereocenters. The Morgan fingerprint density at radius 2 is 1.89 bits per heavy atom. The van der Waals surface area contributed by atoms with Gasteiger partial charge in [0.05, 0.1) is 13.0 Å². The first-order valence-corrected chi connectivity index (χ1v) is 6.10. The molecule has 18 heavy (non-hydrogen) atoms. The van der Waals surface area contributed by atoms with Crippen molar-refractivity contribution in [1.82, 2.24) is 4.98 Å². The number of para-hydroxylation sites is 2. The SMILES string of the molecule is COc1ccccc1Oc1cc(C)ncc1CCl. The van der Waals surface area contributed by atoms with E-state index < -0.39 is 0 Å². The smallest absolute Gasteiger partial charge is 0.169 e. The second-order valence-corrected chi connectivity index (χ2v) is 4.09. The molecule has 94 valence electrons. The monoisotopic (exact) mass is 263 g/mol. The normalized spacial score (nSPS) is 10.2. The predicted octanol–water partition coefficient (Wildman–Crippen LogP) is 3.93. The molecule has 2 aromatic rings. The number of aromatic nitrogens is 1. The molecule has 0 atom stereocenters. The molecule has 0 aliphatic carbocycles. The summed E-state index contributed by atoms with van der Waals surface area (Å²) >= 11 is 5.87. The van der Waals surface area contributed by atoms with Gasteiger partial charge >= 0.3 is 0 Å². The van der Waals surface area contributed by atoms with Gasteiger partial charge in [-0.3, -0.25) is 4.98 Å². The summed E-state index contributed by atoms with van der Waals surface area (Å²) in [7, 11) is 1.61. The van der Waals surface area contributed by atoms with Crippen LogP contribution in [0.5, 0.6) is 17.2 Å². The molecule has 1 aromatic heterocycles. The lowest BCUT2D eigenvalue weighted by Crippen LogP contribution is -1.95. The Morgan fingerprint density at radius 3 is 2.56 bits per heavy atom. The molecule has 2 rings (SSSR count). The number of hydrogen-bond donors (Lipinski definition) is 0. The summed E-state index contributed by atoms with van der Waals surface area (Å²) in [5.41, 5.74) is 1.74. The highest BCUT2D eigenvalue weighted by Crippen LogP contribution is 2.33. The molecule has 4 heteroatoms. The predicted molar refractivity (Wildman–Crippen MR) is 71.6 cm³/mol. The average Bonchev–Trinajstić information content (AvgIpc) is 2.40. The molecule has 1 heterocycles. The van der Waals surface area contributed by atoms with E-state index in [2.05, 4.69) is 4.98 Å². The zero-order valence-electron chi connectivity index (χ0n) is 10.3. The molecule has 0 aliphatic heterocycles. The summed E-state index contributed by atoms with van der Waals surface area (Å²) in [6.45, 7) is 1.91. The van der Waals surface area contributed by atoms with Crippen LogP contribution in [0.1, 0.15) is 11.3 Å². The van der Waals surface area contributed by atoms with Crippen LogP contribution >= 0.6 is 11.6 Å². The van der Waals surface area contributed by atoms with Gasteiger partial charge in [0.25, 0.3) is 0 Å². The van der Waals surface area contributed by atoms with E-state index in [9.17, 15) is 0 Å². The lowest BCUT2D eigenvalue weighted by molar-refractivity contribution is 0.377. The summed E-state index contributed by atoms with van der Waals surface area (Å²) in [4.78, 5) is 4.20. The maximum Gasteiger partial charge on any atom is 0.169 e. The van der Waals surface area contributed by atoms with E-state index >= 15 is 0 Å². The second-order valence-electron chi connectivity index (χ2n) is 3.82. The van der Waals surface area contributed by atoms with E-state index in [4.69, 9.17) is 21.1 Å². The fourth-order valence-electron chi connectivity index (χ4n) is 1.58. The van der Waals surface area contributed by atoms with Crippen LogP contribution in [0.15, 0.2) is 36.5 Å². The third-order valence-corrected chi connectivity index (χ3v) is 2.80. The fourth-order valence-corrected chi connectivity index (χ4v) is 1.78. The maximum atomic E-state index is 5.87. The molecule has 0 spiro atoms. The molecule has 1 aromatic carbocycles. The number of rotatable bonds is 4. The molecular formula is C14H14ClNO2. The summed E-state index contributed by atoms with van der Waals surface area (Å²) in [5.74, 6) is 2.42. The topological polar surface area (TPSA) is 31.4 Å². The van der Waals surface area contributed by atoms with Gasteiger partial charge in [-0.2, -0.15) is 0 Å². The Kier molecular flexibility index (Phi) is 4.05. The number of nitrogens with zero attached hydrogens (tertiary/aromatic N) is 1.